The first-order chi connectivity index (χ1) is 9.22. The highest BCUT2D eigenvalue weighted by Gasteiger charge is 2.30. The van der Waals surface area contributed by atoms with E-state index in [1.807, 2.05) is 0 Å². The van der Waals surface area contributed by atoms with E-state index in [0.29, 0.717) is 24.6 Å². The number of hydrogen-bond acceptors (Lipinski definition) is 4. The van der Waals surface area contributed by atoms with Gasteiger partial charge in [-0.3, -0.25) is 4.79 Å². The molecule has 2 aromatic rings. The Kier molecular flexibility index (Phi) is 3.11. The van der Waals surface area contributed by atoms with Crippen LogP contribution in [0.15, 0.2) is 28.8 Å². The van der Waals surface area contributed by atoms with Crippen molar-refractivity contribution in [2.75, 3.05) is 0 Å². The number of aromatic nitrogens is 2. The van der Waals surface area contributed by atoms with Crippen LogP contribution >= 0.6 is 0 Å². The minimum Gasteiger partial charge on any atom is -0.339 e. The number of carbonyl (C=O) groups is 1. The van der Waals surface area contributed by atoms with Gasteiger partial charge in [0.15, 0.2) is 5.82 Å². The predicted molar refractivity (Wildman–Crippen MR) is 65.1 cm³/mol. The highest BCUT2D eigenvalue weighted by molar-refractivity contribution is 5.86. The molecule has 1 unspecified atom stereocenters. The lowest BCUT2D eigenvalue weighted by molar-refractivity contribution is -0.119. The molecular weight excluding hydrogens is 247 g/mol. The standard InChI is InChI=1S/C14H13FN2O2/c15-10-6-4-9(5-7-10)8-13-16-14(19-17-13)11-2-1-3-12(11)18/h4-7,11H,1-3,8H2. The zero-order chi connectivity index (χ0) is 13.2. The highest BCUT2D eigenvalue weighted by atomic mass is 19.1. The van der Waals surface area contributed by atoms with Crippen molar-refractivity contribution >= 4 is 5.78 Å². The molecule has 1 atom stereocenters. The lowest BCUT2D eigenvalue weighted by Gasteiger charge is -1.98. The average molecular weight is 260 g/mol. The summed E-state index contributed by atoms with van der Waals surface area (Å²) in [5, 5.41) is 3.88. The molecule has 0 aliphatic heterocycles. The van der Waals surface area contributed by atoms with Crippen LogP contribution in [-0.4, -0.2) is 15.9 Å². The van der Waals surface area contributed by atoms with Gasteiger partial charge in [-0.1, -0.05) is 17.3 Å². The number of Topliss-reactive ketones (excluding diaryl/α,β-unsaturated/α-hetero) is 1. The van der Waals surface area contributed by atoms with Crippen molar-refractivity contribution in [1.29, 1.82) is 0 Å². The van der Waals surface area contributed by atoms with Crippen LogP contribution in [0, 0.1) is 5.82 Å². The molecule has 5 heteroatoms. The number of nitrogens with zero attached hydrogens (tertiary/aromatic N) is 2. The average Bonchev–Trinajstić information content (AvgIpc) is 3.01. The van der Waals surface area contributed by atoms with Gasteiger partial charge in [-0.2, -0.15) is 4.98 Å². The third-order valence-corrected chi connectivity index (χ3v) is 3.36. The quantitative estimate of drug-likeness (QED) is 0.851. The Balaban J connectivity index is 1.74. The molecule has 0 amide bonds. The number of carbonyl (C=O) groups excluding carboxylic acids is 1. The lowest BCUT2D eigenvalue weighted by Crippen LogP contribution is -2.04. The third kappa shape index (κ3) is 2.54. The van der Waals surface area contributed by atoms with Crippen molar-refractivity contribution < 1.29 is 13.7 Å². The molecule has 3 rings (SSSR count). The summed E-state index contributed by atoms with van der Waals surface area (Å²) in [4.78, 5) is 15.9. The smallest absolute Gasteiger partial charge is 0.237 e. The number of ketones is 1. The van der Waals surface area contributed by atoms with E-state index in [0.717, 1.165) is 18.4 Å². The molecular formula is C14H13FN2O2. The summed E-state index contributed by atoms with van der Waals surface area (Å²) in [6, 6.07) is 6.17. The normalized spacial score (nSPS) is 19.0. The molecule has 1 fully saturated rings. The van der Waals surface area contributed by atoms with E-state index in [1.165, 1.54) is 12.1 Å². The van der Waals surface area contributed by atoms with Crippen molar-refractivity contribution in [1.82, 2.24) is 10.1 Å². The second-order valence-corrected chi connectivity index (χ2v) is 4.76. The Bertz CT molecular complexity index is 592. The van der Waals surface area contributed by atoms with Crippen LogP contribution in [0.4, 0.5) is 4.39 Å². The molecule has 4 nitrogen and oxygen atoms in total. The molecule has 19 heavy (non-hydrogen) atoms. The van der Waals surface area contributed by atoms with E-state index in [4.69, 9.17) is 4.52 Å². The minimum atomic E-state index is -0.269. The van der Waals surface area contributed by atoms with E-state index in [2.05, 4.69) is 10.1 Å². The summed E-state index contributed by atoms with van der Waals surface area (Å²) in [7, 11) is 0. The van der Waals surface area contributed by atoms with Crippen LogP contribution in [0.5, 0.6) is 0 Å². The first-order valence-corrected chi connectivity index (χ1v) is 6.32. The Labute approximate surface area is 109 Å². The first kappa shape index (κ1) is 12.0. The molecule has 1 aliphatic rings. The molecule has 0 spiro atoms. The van der Waals surface area contributed by atoms with Gasteiger partial charge in [0.1, 0.15) is 11.6 Å². The molecule has 98 valence electrons. The first-order valence-electron chi connectivity index (χ1n) is 6.32. The fraction of sp³-hybridized carbons (Fsp3) is 0.357. The number of halogens is 1. The Hall–Kier alpha value is -2.04. The number of hydrogen-bond donors (Lipinski definition) is 0. The fourth-order valence-electron chi connectivity index (χ4n) is 2.34. The van der Waals surface area contributed by atoms with Crippen molar-refractivity contribution in [2.45, 2.75) is 31.6 Å². The van der Waals surface area contributed by atoms with Gasteiger partial charge in [-0.05, 0) is 30.5 Å². The zero-order valence-electron chi connectivity index (χ0n) is 10.3. The monoisotopic (exact) mass is 260 g/mol. The summed E-state index contributed by atoms with van der Waals surface area (Å²) in [5.41, 5.74) is 0.909. The minimum absolute atomic E-state index is 0.178. The number of benzene rings is 1. The second-order valence-electron chi connectivity index (χ2n) is 4.76. The summed E-state index contributed by atoms with van der Waals surface area (Å²) in [6.45, 7) is 0. The summed E-state index contributed by atoms with van der Waals surface area (Å²) in [6.07, 6.45) is 2.75. The van der Waals surface area contributed by atoms with Crippen molar-refractivity contribution in [3.8, 4) is 0 Å². The number of rotatable bonds is 3. The maximum atomic E-state index is 12.8. The van der Waals surface area contributed by atoms with E-state index < -0.39 is 0 Å². The second kappa shape index (κ2) is 4.91. The molecule has 0 N–H and O–H groups in total. The lowest BCUT2D eigenvalue weighted by atomic mass is 10.1. The van der Waals surface area contributed by atoms with Gasteiger partial charge in [0.2, 0.25) is 5.89 Å². The molecule has 0 saturated heterocycles. The zero-order valence-corrected chi connectivity index (χ0v) is 10.3. The maximum absolute atomic E-state index is 12.8. The molecule has 0 radical (unpaired) electrons. The molecule has 1 aliphatic carbocycles. The van der Waals surface area contributed by atoms with Gasteiger partial charge in [-0.25, -0.2) is 4.39 Å². The highest BCUT2D eigenvalue weighted by Crippen LogP contribution is 2.30. The van der Waals surface area contributed by atoms with E-state index in [1.54, 1.807) is 12.1 Å². The van der Waals surface area contributed by atoms with Gasteiger partial charge in [0.05, 0.1) is 5.92 Å². The van der Waals surface area contributed by atoms with E-state index in [-0.39, 0.29) is 17.5 Å². The van der Waals surface area contributed by atoms with Gasteiger partial charge < -0.3 is 4.52 Å². The van der Waals surface area contributed by atoms with Crippen LogP contribution in [0.25, 0.3) is 0 Å². The Morgan fingerprint density at radius 1 is 1.32 bits per heavy atom. The molecule has 0 bridgehead atoms. The van der Waals surface area contributed by atoms with Crippen LogP contribution in [0.2, 0.25) is 0 Å². The van der Waals surface area contributed by atoms with Crippen LogP contribution in [-0.2, 0) is 11.2 Å². The van der Waals surface area contributed by atoms with Crippen molar-refractivity contribution in [3.05, 3.63) is 47.4 Å². The van der Waals surface area contributed by atoms with Crippen molar-refractivity contribution in [3.63, 3.8) is 0 Å². The Morgan fingerprint density at radius 3 is 2.79 bits per heavy atom. The largest absolute Gasteiger partial charge is 0.339 e. The third-order valence-electron chi connectivity index (χ3n) is 3.36. The molecule has 1 heterocycles. The van der Waals surface area contributed by atoms with Crippen LogP contribution in [0.1, 0.15) is 42.5 Å². The molecule has 1 saturated carbocycles. The SMILES string of the molecule is O=C1CCCC1c1nc(Cc2ccc(F)cc2)no1. The topological polar surface area (TPSA) is 56.0 Å². The fourth-order valence-corrected chi connectivity index (χ4v) is 2.34. The van der Waals surface area contributed by atoms with Crippen LogP contribution < -0.4 is 0 Å². The maximum Gasteiger partial charge on any atom is 0.237 e. The summed E-state index contributed by atoms with van der Waals surface area (Å²) < 4.78 is 17.9. The predicted octanol–water partition coefficient (Wildman–Crippen LogP) is 2.64. The van der Waals surface area contributed by atoms with E-state index in [9.17, 15) is 9.18 Å². The summed E-state index contributed by atoms with van der Waals surface area (Å²) in [5.74, 6) is 0.626. The van der Waals surface area contributed by atoms with Crippen molar-refractivity contribution in [2.24, 2.45) is 0 Å². The molecule has 1 aromatic heterocycles. The van der Waals surface area contributed by atoms with E-state index >= 15 is 0 Å². The molecule has 1 aromatic carbocycles. The van der Waals surface area contributed by atoms with Gasteiger partial charge in [0, 0.05) is 12.8 Å². The van der Waals surface area contributed by atoms with Gasteiger partial charge in [0.25, 0.3) is 0 Å². The van der Waals surface area contributed by atoms with Crippen LogP contribution in [0.3, 0.4) is 0 Å². The van der Waals surface area contributed by atoms with Gasteiger partial charge in [-0.15, -0.1) is 0 Å². The summed E-state index contributed by atoms with van der Waals surface area (Å²) >= 11 is 0. The Morgan fingerprint density at radius 2 is 2.11 bits per heavy atom. The van der Waals surface area contributed by atoms with Gasteiger partial charge >= 0.3 is 0 Å².